The van der Waals surface area contributed by atoms with Gasteiger partial charge in [-0.15, -0.1) is 0 Å². The Hall–Kier alpha value is -2.74. The molecule has 0 bridgehead atoms. The van der Waals surface area contributed by atoms with Gasteiger partial charge in [-0.1, -0.05) is 6.92 Å². The van der Waals surface area contributed by atoms with E-state index in [0.29, 0.717) is 23.8 Å². The fourth-order valence-electron chi connectivity index (χ4n) is 2.28. The molecule has 2 rings (SSSR count). The summed E-state index contributed by atoms with van der Waals surface area (Å²) in [4.78, 5) is 11.8. The first-order chi connectivity index (χ1) is 13.3. The maximum Gasteiger partial charge on any atom is 0.261 e. The molecule has 28 heavy (non-hydrogen) atoms. The van der Waals surface area contributed by atoms with Crippen LogP contribution in [0.4, 0.5) is 5.69 Å². The molecule has 0 fully saturated rings. The molecule has 0 heterocycles. The van der Waals surface area contributed by atoms with Crippen LogP contribution in [-0.2, 0) is 14.8 Å². The first kappa shape index (κ1) is 21.6. The van der Waals surface area contributed by atoms with Crippen LogP contribution in [-0.4, -0.2) is 33.6 Å². The molecule has 7 nitrogen and oxygen atoms in total. The Morgan fingerprint density at radius 2 is 1.54 bits per heavy atom. The van der Waals surface area contributed by atoms with E-state index >= 15 is 0 Å². The largest absolute Gasteiger partial charge is 0.494 e. The third kappa shape index (κ3) is 6.45. The molecule has 0 radical (unpaired) electrons. The SMILES string of the molecule is CCOc1ccc(NS(=O)(=O)c2ccc(OCC(=O)NC(C)CC)cc2)cc1. The Balaban J connectivity index is 1.96. The van der Waals surface area contributed by atoms with Crippen LogP contribution in [0.25, 0.3) is 0 Å². The van der Waals surface area contributed by atoms with Crippen molar-refractivity contribution in [2.75, 3.05) is 17.9 Å². The summed E-state index contributed by atoms with van der Waals surface area (Å²) in [5, 5.41) is 2.80. The van der Waals surface area contributed by atoms with Crippen molar-refractivity contribution in [1.82, 2.24) is 5.32 Å². The molecule has 2 aromatic rings. The quantitative estimate of drug-likeness (QED) is 0.632. The number of sulfonamides is 1. The number of carbonyl (C=O) groups excluding carboxylic acids is 1. The molecule has 152 valence electrons. The van der Waals surface area contributed by atoms with Crippen LogP contribution < -0.4 is 19.5 Å². The highest BCUT2D eigenvalue weighted by Gasteiger charge is 2.14. The highest BCUT2D eigenvalue weighted by molar-refractivity contribution is 7.92. The van der Waals surface area contributed by atoms with Crippen LogP contribution in [0.1, 0.15) is 27.2 Å². The normalized spacial score (nSPS) is 12.1. The number of benzene rings is 2. The summed E-state index contributed by atoms with van der Waals surface area (Å²) < 4.78 is 38.2. The number of rotatable bonds is 10. The number of hydrogen-bond donors (Lipinski definition) is 2. The van der Waals surface area contributed by atoms with Crippen LogP contribution >= 0.6 is 0 Å². The summed E-state index contributed by atoms with van der Waals surface area (Å²) in [6.45, 7) is 6.18. The highest BCUT2D eigenvalue weighted by Crippen LogP contribution is 2.21. The van der Waals surface area contributed by atoms with Crippen molar-refractivity contribution < 1.29 is 22.7 Å². The van der Waals surface area contributed by atoms with Gasteiger partial charge in [0, 0.05) is 11.7 Å². The number of nitrogens with one attached hydrogen (secondary N) is 2. The van der Waals surface area contributed by atoms with Crippen LogP contribution in [0.3, 0.4) is 0 Å². The van der Waals surface area contributed by atoms with E-state index in [1.54, 1.807) is 24.3 Å². The van der Waals surface area contributed by atoms with Gasteiger partial charge in [-0.2, -0.15) is 0 Å². The molecular formula is C20H26N2O5S. The first-order valence-corrected chi connectivity index (χ1v) is 10.6. The second-order valence-corrected chi connectivity index (χ2v) is 7.88. The van der Waals surface area contributed by atoms with E-state index in [4.69, 9.17) is 9.47 Å². The minimum atomic E-state index is -3.73. The van der Waals surface area contributed by atoms with Crippen LogP contribution in [0.5, 0.6) is 11.5 Å². The van der Waals surface area contributed by atoms with Crippen molar-refractivity contribution in [3.05, 3.63) is 48.5 Å². The van der Waals surface area contributed by atoms with E-state index in [1.807, 2.05) is 20.8 Å². The molecule has 2 N–H and O–H groups in total. The standard InChI is InChI=1S/C20H26N2O5S/c1-4-15(3)21-20(23)14-27-18-10-12-19(13-11-18)28(24,25)22-16-6-8-17(9-7-16)26-5-2/h6-13,15,22H,4-5,14H2,1-3H3,(H,21,23). The van der Waals surface area contributed by atoms with Gasteiger partial charge in [0.25, 0.3) is 15.9 Å². The number of ether oxygens (including phenoxy) is 2. The Bertz CT molecular complexity index is 864. The second-order valence-electron chi connectivity index (χ2n) is 6.20. The molecule has 0 saturated carbocycles. The zero-order valence-electron chi connectivity index (χ0n) is 16.3. The van der Waals surface area contributed by atoms with Crippen molar-refractivity contribution in [2.24, 2.45) is 0 Å². The lowest BCUT2D eigenvalue weighted by molar-refractivity contribution is -0.123. The predicted molar refractivity (Wildman–Crippen MR) is 108 cm³/mol. The average Bonchev–Trinajstić information content (AvgIpc) is 2.68. The summed E-state index contributed by atoms with van der Waals surface area (Å²) in [5.74, 6) is 0.867. The smallest absolute Gasteiger partial charge is 0.261 e. The van der Waals surface area contributed by atoms with E-state index in [9.17, 15) is 13.2 Å². The fraction of sp³-hybridized carbons (Fsp3) is 0.350. The topological polar surface area (TPSA) is 93.7 Å². The number of hydrogen-bond acceptors (Lipinski definition) is 5. The summed E-state index contributed by atoms with van der Waals surface area (Å²) in [6, 6.07) is 12.6. The van der Waals surface area contributed by atoms with Crippen LogP contribution in [0.2, 0.25) is 0 Å². The summed E-state index contributed by atoms with van der Waals surface area (Å²) >= 11 is 0. The van der Waals surface area contributed by atoms with Crippen molar-refractivity contribution in [2.45, 2.75) is 38.1 Å². The second kappa shape index (κ2) is 9.98. The Kier molecular flexibility index (Phi) is 7.69. The zero-order valence-corrected chi connectivity index (χ0v) is 17.1. The van der Waals surface area contributed by atoms with E-state index in [2.05, 4.69) is 10.0 Å². The third-order valence-corrected chi connectivity index (χ3v) is 5.34. The molecule has 8 heteroatoms. The third-order valence-electron chi connectivity index (χ3n) is 3.94. The number of carbonyl (C=O) groups is 1. The van der Waals surface area contributed by atoms with E-state index < -0.39 is 10.0 Å². The summed E-state index contributed by atoms with van der Waals surface area (Å²) in [5.41, 5.74) is 0.436. The van der Waals surface area contributed by atoms with Gasteiger partial charge in [0.15, 0.2) is 6.61 Å². The van der Waals surface area contributed by atoms with Crippen LogP contribution in [0.15, 0.2) is 53.4 Å². The lowest BCUT2D eigenvalue weighted by atomic mass is 10.2. The van der Waals surface area contributed by atoms with Gasteiger partial charge < -0.3 is 14.8 Å². The Morgan fingerprint density at radius 3 is 2.11 bits per heavy atom. The summed E-state index contributed by atoms with van der Waals surface area (Å²) in [7, 11) is -3.73. The van der Waals surface area contributed by atoms with Gasteiger partial charge in [0.1, 0.15) is 11.5 Å². The van der Waals surface area contributed by atoms with Crippen molar-refractivity contribution >= 4 is 21.6 Å². The molecule has 1 amide bonds. The maximum absolute atomic E-state index is 12.5. The van der Waals surface area contributed by atoms with Crippen molar-refractivity contribution in [1.29, 1.82) is 0 Å². The first-order valence-electron chi connectivity index (χ1n) is 9.12. The van der Waals surface area contributed by atoms with Gasteiger partial charge in [0.2, 0.25) is 0 Å². The van der Waals surface area contributed by atoms with Gasteiger partial charge in [-0.3, -0.25) is 9.52 Å². The van der Waals surface area contributed by atoms with E-state index in [0.717, 1.165) is 6.42 Å². The minimum absolute atomic E-state index is 0.0808. The monoisotopic (exact) mass is 406 g/mol. The van der Waals surface area contributed by atoms with Gasteiger partial charge in [-0.05, 0) is 68.8 Å². The fourth-order valence-corrected chi connectivity index (χ4v) is 3.34. The number of anilines is 1. The average molecular weight is 407 g/mol. The predicted octanol–water partition coefficient (Wildman–Crippen LogP) is 3.18. The number of amides is 1. The maximum atomic E-state index is 12.5. The van der Waals surface area contributed by atoms with Gasteiger partial charge >= 0.3 is 0 Å². The summed E-state index contributed by atoms with van der Waals surface area (Å²) in [6.07, 6.45) is 0.833. The van der Waals surface area contributed by atoms with E-state index in [-0.39, 0.29) is 23.5 Å². The molecule has 0 aliphatic rings. The molecular weight excluding hydrogens is 380 g/mol. The molecule has 0 spiro atoms. The molecule has 1 atom stereocenters. The van der Waals surface area contributed by atoms with E-state index in [1.165, 1.54) is 24.3 Å². The van der Waals surface area contributed by atoms with Crippen molar-refractivity contribution in [3.8, 4) is 11.5 Å². The lowest BCUT2D eigenvalue weighted by Crippen LogP contribution is -2.35. The Labute approximate surface area is 166 Å². The lowest BCUT2D eigenvalue weighted by Gasteiger charge is -2.12. The molecule has 2 aromatic carbocycles. The van der Waals surface area contributed by atoms with Crippen LogP contribution in [0, 0.1) is 0 Å². The van der Waals surface area contributed by atoms with Crippen molar-refractivity contribution in [3.63, 3.8) is 0 Å². The molecule has 0 aliphatic carbocycles. The van der Waals surface area contributed by atoms with Gasteiger partial charge in [-0.25, -0.2) is 8.42 Å². The zero-order chi connectivity index (χ0) is 20.6. The Morgan fingerprint density at radius 1 is 0.964 bits per heavy atom. The van der Waals surface area contributed by atoms with Gasteiger partial charge in [0.05, 0.1) is 11.5 Å². The minimum Gasteiger partial charge on any atom is -0.494 e. The molecule has 1 unspecified atom stereocenters. The molecule has 0 saturated heterocycles. The molecule has 0 aromatic heterocycles. The molecule has 0 aliphatic heterocycles. The highest BCUT2D eigenvalue weighted by atomic mass is 32.2.